The van der Waals surface area contributed by atoms with Crippen molar-refractivity contribution in [3.05, 3.63) is 24.5 Å². The van der Waals surface area contributed by atoms with Crippen LogP contribution in [0.5, 0.6) is 0 Å². The minimum Gasteiger partial charge on any atom is -0.430 e. The van der Waals surface area contributed by atoms with Gasteiger partial charge in [0.25, 0.3) is 0 Å². The van der Waals surface area contributed by atoms with Crippen LogP contribution in [0.4, 0.5) is 11.8 Å². The molecule has 24 heavy (non-hydrogen) atoms. The number of aromatic nitrogens is 4. The number of morpholine rings is 1. The van der Waals surface area contributed by atoms with Gasteiger partial charge >= 0.3 is 0 Å². The fourth-order valence-electron chi connectivity index (χ4n) is 2.58. The van der Waals surface area contributed by atoms with Crippen LogP contribution in [0, 0.1) is 0 Å². The van der Waals surface area contributed by atoms with Crippen molar-refractivity contribution in [1.29, 1.82) is 0 Å². The van der Waals surface area contributed by atoms with Crippen molar-refractivity contribution in [2.45, 2.75) is 0 Å². The molecule has 4 heterocycles. The molecule has 0 saturated carbocycles. The van der Waals surface area contributed by atoms with Crippen LogP contribution in [-0.4, -0.2) is 53.3 Å². The van der Waals surface area contributed by atoms with Crippen molar-refractivity contribution in [3.8, 4) is 11.5 Å². The molecule has 1 aliphatic heterocycles. The van der Waals surface area contributed by atoms with Crippen molar-refractivity contribution in [2.75, 3.05) is 43.7 Å². The van der Waals surface area contributed by atoms with Crippen molar-refractivity contribution < 1.29 is 9.15 Å². The molecular weight excluding hydrogens is 310 g/mol. The van der Waals surface area contributed by atoms with Gasteiger partial charge in [-0.25, -0.2) is 5.43 Å². The average Bonchev–Trinajstić information content (AvgIpc) is 3.07. The van der Waals surface area contributed by atoms with E-state index in [0.717, 1.165) is 18.7 Å². The van der Waals surface area contributed by atoms with E-state index in [1.807, 2.05) is 12.1 Å². The molecule has 124 valence electrons. The van der Waals surface area contributed by atoms with E-state index in [0.29, 0.717) is 42.1 Å². The Morgan fingerprint density at radius 1 is 1.17 bits per heavy atom. The van der Waals surface area contributed by atoms with Crippen LogP contribution >= 0.6 is 0 Å². The summed E-state index contributed by atoms with van der Waals surface area (Å²) in [5.74, 6) is 1.63. The first-order valence-corrected chi connectivity index (χ1v) is 7.69. The second-order valence-corrected chi connectivity index (χ2v) is 5.26. The first kappa shape index (κ1) is 14.8. The molecule has 0 spiro atoms. The van der Waals surface area contributed by atoms with Gasteiger partial charge in [0.1, 0.15) is 0 Å². The molecule has 9 heteroatoms. The SMILES string of the molecule is CNNc1nc(N2CCOCC2)c2oc(-c3cccnc3)nc2n1. The van der Waals surface area contributed by atoms with Gasteiger partial charge in [-0.05, 0) is 12.1 Å². The fourth-order valence-corrected chi connectivity index (χ4v) is 2.58. The molecule has 1 saturated heterocycles. The summed E-state index contributed by atoms with van der Waals surface area (Å²) in [6, 6.07) is 3.74. The number of pyridine rings is 1. The van der Waals surface area contributed by atoms with E-state index in [1.165, 1.54) is 0 Å². The summed E-state index contributed by atoms with van der Waals surface area (Å²) in [5.41, 5.74) is 7.60. The van der Waals surface area contributed by atoms with Gasteiger partial charge in [-0.1, -0.05) is 0 Å². The molecular formula is C15H17N7O2. The van der Waals surface area contributed by atoms with Gasteiger partial charge in [0.15, 0.2) is 5.82 Å². The molecule has 1 aliphatic rings. The highest BCUT2D eigenvalue weighted by Gasteiger charge is 2.22. The lowest BCUT2D eigenvalue weighted by Gasteiger charge is -2.27. The smallest absolute Gasteiger partial charge is 0.241 e. The molecule has 4 rings (SSSR count). The zero-order chi connectivity index (χ0) is 16.4. The zero-order valence-electron chi connectivity index (χ0n) is 13.2. The lowest BCUT2D eigenvalue weighted by atomic mass is 10.3. The van der Waals surface area contributed by atoms with Crippen molar-refractivity contribution >= 4 is 23.0 Å². The molecule has 2 N–H and O–H groups in total. The Balaban J connectivity index is 1.83. The molecule has 0 bridgehead atoms. The molecule has 0 unspecified atom stereocenters. The minimum atomic E-state index is 0.442. The molecule has 0 atom stereocenters. The van der Waals surface area contributed by atoms with E-state index >= 15 is 0 Å². The average molecular weight is 327 g/mol. The van der Waals surface area contributed by atoms with Crippen LogP contribution < -0.4 is 15.8 Å². The van der Waals surface area contributed by atoms with Crippen LogP contribution in [0.2, 0.25) is 0 Å². The van der Waals surface area contributed by atoms with E-state index in [2.05, 4.69) is 35.7 Å². The van der Waals surface area contributed by atoms with Gasteiger partial charge in [-0.2, -0.15) is 15.0 Å². The summed E-state index contributed by atoms with van der Waals surface area (Å²) in [4.78, 5) is 19.7. The standard InChI is InChI=1S/C15H17N7O2/c1-16-21-15-19-12-11(13(20-15)22-5-7-23-8-6-22)24-14(18-12)10-3-2-4-17-9-10/h2-4,9,16H,5-8H2,1H3,(H,19,20,21). The Labute approximate surface area is 138 Å². The van der Waals surface area contributed by atoms with E-state index in [4.69, 9.17) is 9.15 Å². The largest absolute Gasteiger partial charge is 0.430 e. The maximum atomic E-state index is 5.96. The number of anilines is 2. The van der Waals surface area contributed by atoms with Crippen LogP contribution in [0.3, 0.4) is 0 Å². The Morgan fingerprint density at radius 2 is 2.04 bits per heavy atom. The summed E-state index contributed by atoms with van der Waals surface area (Å²) in [7, 11) is 1.76. The van der Waals surface area contributed by atoms with Crippen molar-refractivity contribution in [2.24, 2.45) is 0 Å². The first-order chi connectivity index (χ1) is 11.8. The number of oxazole rings is 1. The Morgan fingerprint density at radius 3 is 2.79 bits per heavy atom. The molecule has 3 aromatic heterocycles. The molecule has 9 nitrogen and oxygen atoms in total. The first-order valence-electron chi connectivity index (χ1n) is 7.69. The van der Waals surface area contributed by atoms with Crippen molar-refractivity contribution in [3.63, 3.8) is 0 Å². The van der Waals surface area contributed by atoms with Gasteiger partial charge in [0.05, 0.1) is 18.8 Å². The molecule has 0 aromatic carbocycles. The third-order valence-electron chi connectivity index (χ3n) is 3.69. The van der Waals surface area contributed by atoms with Gasteiger partial charge in [-0.3, -0.25) is 10.4 Å². The van der Waals surface area contributed by atoms with Crippen LogP contribution in [-0.2, 0) is 4.74 Å². The predicted octanol–water partition coefficient (Wildman–Crippen LogP) is 1.06. The summed E-state index contributed by atoms with van der Waals surface area (Å²) in [6.07, 6.45) is 3.42. The summed E-state index contributed by atoms with van der Waals surface area (Å²) in [5, 5.41) is 0. The minimum absolute atomic E-state index is 0.442. The van der Waals surface area contributed by atoms with Crippen LogP contribution in [0.1, 0.15) is 0 Å². The molecule has 0 amide bonds. The second kappa shape index (κ2) is 6.38. The number of hydrogen-bond donors (Lipinski definition) is 2. The molecule has 0 radical (unpaired) electrons. The lowest BCUT2D eigenvalue weighted by Crippen LogP contribution is -2.37. The zero-order valence-corrected chi connectivity index (χ0v) is 13.2. The number of nitrogens with zero attached hydrogens (tertiary/aromatic N) is 5. The topological polar surface area (TPSA) is 101 Å². The maximum absolute atomic E-state index is 5.96. The lowest BCUT2D eigenvalue weighted by molar-refractivity contribution is 0.122. The Hall–Kier alpha value is -2.78. The summed E-state index contributed by atoms with van der Waals surface area (Å²) < 4.78 is 11.4. The monoisotopic (exact) mass is 327 g/mol. The third kappa shape index (κ3) is 2.74. The second-order valence-electron chi connectivity index (χ2n) is 5.26. The number of nitrogens with one attached hydrogen (secondary N) is 2. The van der Waals surface area contributed by atoms with Gasteiger partial charge < -0.3 is 14.1 Å². The van der Waals surface area contributed by atoms with Crippen LogP contribution in [0.25, 0.3) is 22.7 Å². The predicted molar refractivity (Wildman–Crippen MR) is 88.5 cm³/mol. The van der Waals surface area contributed by atoms with E-state index in [1.54, 1.807) is 19.4 Å². The number of hydrazine groups is 1. The van der Waals surface area contributed by atoms with Gasteiger partial charge in [0.2, 0.25) is 23.1 Å². The van der Waals surface area contributed by atoms with E-state index < -0.39 is 0 Å². The number of ether oxygens (including phenoxy) is 1. The van der Waals surface area contributed by atoms with Crippen LogP contribution in [0.15, 0.2) is 28.9 Å². The molecule has 1 fully saturated rings. The number of rotatable bonds is 4. The van der Waals surface area contributed by atoms with E-state index in [9.17, 15) is 0 Å². The van der Waals surface area contributed by atoms with Gasteiger partial charge in [-0.15, -0.1) is 0 Å². The van der Waals surface area contributed by atoms with Gasteiger partial charge in [0, 0.05) is 32.5 Å². The maximum Gasteiger partial charge on any atom is 0.241 e. The fraction of sp³-hybridized carbons (Fsp3) is 0.333. The quantitative estimate of drug-likeness (QED) is 0.681. The highest BCUT2D eigenvalue weighted by molar-refractivity contribution is 5.84. The summed E-state index contributed by atoms with van der Waals surface area (Å²) in [6.45, 7) is 2.80. The highest BCUT2D eigenvalue weighted by Crippen LogP contribution is 2.30. The Bertz CT molecular complexity index is 830. The normalized spacial score (nSPS) is 15.0. The Kier molecular flexibility index (Phi) is 3.93. The number of hydrogen-bond acceptors (Lipinski definition) is 9. The molecule has 0 aliphatic carbocycles. The van der Waals surface area contributed by atoms with Crippen molar-refractivity contribution in [1.82, 2.24) is 25.4 Å². The number of fused-ring (bicyclic) bond motifs is 1. The van der Waals surface area contributed by atoms with E-state index in [-0.39, 0.29) is 0 Å². The third-order valence-corrected chi connectivity index (χ3v) is 3.69. The molecule has 3 aromatic rings. The highest BCUT2D eigenvalue weighted by atomic mass is 16.5. The summed E-state index contributed by atoms with van der Waals surface area (Å²) >= 11 is 0.